The first-order valence-electron chi connectivity index (χ1n) is 9.01. The Morgan fingerprint density at radius 2 is 1.27 bits per heavy atom. The van der Waals surface area contributed by atoms with Crippen molar-refractivity contribution >= 4 is 7.82 Å². The van der Waals surface area contributed by atoms with Crippen molar-refractivity contribution in [1.82, 2.24) is 5.48 Å². The van der Waals surface area contributed by atoms with E-state index in [2.05, 4.69) is 21.6 Å². The van der Waals surface area contributed by atoms with E-state index >= 15 is 0 Å². The minimum Gasteiger partial charge on any atom is -0.301 e. The van der Waals surface area contributed by atoms with Crippen molar-refractivity contribution in [3.63, 3.8) is 0 Å². The number of hydroxylamine groups is 1. The molecule has 0 heterocycles. The Labute approximate surface area is 136 Å². The first-order valence-corrected chi connectivity index (χ1v) is 10.5. The first kappa shape index (κ1) is 22.1. The smallest absolute Gasteiger partial charge is 0.301 e. The molecule has 0 aliphatic carbocycles. The monoisotopic (exact) mass is 337 g/mol. The SMILES string of the molecule is CCCCCCCCCCCCCCNOP(=O)(O)OCC. The van der Waals surface area contributed by atoms with E-state index in [0.717, 1.165) is 12.8 Å². The van der Waals surface area contributed by atoms with Crippen LogP contribution in [0.4, 0.5) is 0 Å². The first-order chi connectivity index (χ1) is 10.6. The molecule has 0 saturated carbocycles. The molecule has 0 fully saturated rings. The lowest BCUT2D eigenvalue weighted by molar-refractivity contribution is 0.0992. The second kappa shape index (κ2) is 15.9. The van der Waals surface area contributed by atoms with E-state index in [1.807, 2.05) is 0 Å². The summed E-state index contributed by atoms with van der Waals surface area (Å²) in [5.74, 6) is 0. The van der Waals surface area contributed by atoms with Gasteiger partial charge in [0.2, 0.25) is 0 Å². The molecule has 2 N–H and O–H groups in total. The summed E-state index contributed by atoms with van der Waals surface area (Å²) < 4.78 is 20.4. The van der Waals surface area contributed by atoms with Gasteiger partial charge in [0.25, 0.3) is 0 Å². The number of phosphoric acid groups is 1. The van der Waals surface area contributed by atoms with Crippen molar-refractivity contribution < 1.29 is 18.6 Å². The van der Waals surface area contributed by atoms with Gasteiger partial charge in [-0.1, -0.05) is 77.6 Å². The van der Waals surface area contributed by atoms with E-state index in [1.165, 1.54) is 64.2 Å². The zero-order chi connectivity index (χ0) is 16.5. The lowest BCUT2D eigenvalue weighted by atomic mass is 10.1. The fraction of sp³-hybridized carbons (Fsp3) is 1.00. The Morgan fingerprint density at radius 3 is 1.73 bits per heavy atom. The second-order valence-electron chi connectivity index (χ2n) is 5.76. The average Bonchev–Trinajstić information content (AvgIpc) is 2.47. The Hall–Kier alpha value is 0.0700. The van der Waals surface area contributed by atoms with Crippen molar-refractivity contribution in [3.8, 4) is 0 Å². The average molecular weight is 337 g/mol. The number of hydrogen-bond acceptors (Lipinski definition) is 4. The molecular weight excluding hydrogens is 301 g/mol. The Morgan fingerprint density at radius 1 is 0.818 bits per heavy atom. The van der Waals surface area contributed by atoms with Crippen LogP contribution >= 0.6 is 7.82 Å². The number of nitrogens with one attached hydrogen (secondary N) is 1. The lowest BCUT2D eigenvalue weighted by Crippen LogP contribution is -2.15. The quantitative estimate of drug-likeness (QED) is 0.213. The van der Waals surface area contributed by atoms with Gasteiger partial charge in [0.1, 0.15) is 0 Å². The van der Waals surface area contributed by atoms with Crippen molar-refractivity contribution in [2.45, 2.75) is 90.9 Å². The molecule has 0 aliphatic heterocycles. The minimum absolute atomic E-state index is 0.161. The van der Waals surface area contributed by atoms with Crippen LogP contribution < -0.4 is 5.48 Å². The Bertz CT molecular complexity index is 277. The number of unbranched alkanes of at least 4 members (excludes halogenated alkanes) is 11. The molecule has 5 nitrogen and oxygen atoms in total. The third-order valence-electron chi connectivity index (χ3n) is 3.60. The second-order valence-corrected chi connectivity index (χ2v) is 7.14. The molecule has 0 amide bonds. The van der Waals surface area contributed by atoms with Crippen LogP contribution in [0.25, 0.3) is 0 Å². The molecule has 1 unspecified atom stereocenters. The molecule has 22 heavy (non-hydrogen) atoms. The maximum Gasteiger partial charge on any atom is 0.488 e. The molecule has 0 aromatic heterocycles. The van der Waals surface area contributed by atoms with Crippen LogP contribution in [0.3, 0.4) is 0 Å². The molecule has 0 aromatic carbocycles. The highest BCUT2D eigenvalue weighted by Gasteiger charge is 2.19. The number of phosphoric ester groups is 1. The summed E-state index contributed by atoms with van der Waals surface area (Å²) in [5, 5.41) is 0. The molecular formula is C16H36NO4P. The Balaban J connectivity index is 3.13. The third kappa shape index (κ3) is 16.4. The van der Waals surface area contributed by atoms with Gasteiger partial charge < -0.3 is 4.89 Å². The summed E-state index contributed by atoms with van der Waals surface area (Å²) in [7, 11) is -3.89. The highest BCUT2D eigenvalue weighted by molar-refractivity contribution is 7.47. The van der Waals surface area contributed by atoms with Crippen LogP contribution in [0.1, 0.15) is 90.9 Å². The summed E-state index contributed by atoms with van der Waals surface area (Å²) >= 11 is 0. The fourth-order valence-electron chi connectivity index (χ4n) is 2.35. The largest absolute Gasteiger partial charge is 0.488 e. The van der Waals surface area contributed by atoms with Crippen LogP contribution in [0, 0.1) is 0 Å². The van der Waals surface area contributed by atoms with Crippen LogP contribution in [-0.2, 0) is 13.7 Å². The molecule has 134 valence electrons. The molecule has 1 atom stereocenters. The summed E-state index contributed by atoms with van der Waals surface area (Å²) in [4.78, 5) is 9.15. The van der Waals surface area contributed by atoms with Gasteiger partial charge in [-0.15, -0.1) is 0 Å². The van der Waals surface area contributed by atoms with Gasteiger partial charge in [0.15, 0.2) is 0 Å². The van der Waals surface area contributed by atoms with Crippen LogP contribution in [0.15, 0.2) is 0 Å². The summed E-state index contributed by atoms with van der Waals surface area (Å²) in [6.07, 6.45) is 15.5. The van der Waals surface area contributed by atoms with E-state index in [-0.39, 0.29) is 6.61 Å². The normalized spacial score (nSPS) is 14.1. The summed E-state index contributed by atoms with van der Waals surface area (Å²) in [5.41, 5.74) is 2.51. The fourth-order valence-corrected chi connectivity index (χ4v) is 2.99. The number of hydrogen-bond donors (Lipinski definition) is 2. The van der Waals surface area contributed by atoms with Gasteiger partial charge in [0.05, 0.1) is 6.61 Å². The van der Waals surface area contributed by atoms with E-state index in [9.17, 15) is 4.57 Å². The summed E-state index contributed by atoms with van der Waals surface area (Å²) in [6.45, 7) is 4.64. The van der Waals surface area contributed by atoms with Gasteiger partial charge in [-0.05, 0) is 13.3 Å². The van der Waals surface area contributed by atoms with Gasteiger partial charge in [0, 0.05) is 6.54 Å². The molecule has 0 aliphatic rings. The zero-order valence-electron chi connectivity index (χ0n) is 14.5. The Kier molecular flexibility index (Phi) is 16.0. The van der Waals surface area contributed by atoms with Crippen LogP contribution in [0.2, 0.25) is 0 Å². The van der Waals surface area contributed by atoms with Crippen molar-refractivity contribution in [2.24, 2.45) is 0 Å². The van der Waals surface area contributed by atoms with Crippen molar-refractivity contribution in [3.05, 3.63) is 0 Å². The predicted octanol–water partition coefficient (Wildman–Crippen LogP) is 5.35. The van der Waals surface area contributed by atoms with E-state index in [4.69, 9.17) is 4.89 Å². The molecule has 0 saturated heterocycles. The standard InChI is InChI=1S/C16H36NO4P/c1-3-5-6-7-8-9-10-11-12-13-14-15-16-17-21-22(18,19)20-4-2/h17H,3-16H2,1-2H3,(H,18,19). The zero-order valence-corrected chi connectivity index (χ0v) is 15.4. The highest BCUT2D eigenvalue weighted by Crippen LogP contribution is 2.41. The molecule has 0 spiro atoms. The van der Waals surface area contributed by atoms with Gasteiger partial charge in [-0.25, -0.2) is 4.57 Å². The molecule has 0 bridgehead atoms. The van der Waals surface area contributed by atoms with E-state index in [0.29, 0.717) is 6.54 Å². The predicted molar refractivity (Wildman–Crippen MR) is 91.6 cm³/mol. The van der Waals surface area contributed by atoms with Gasteiger partial charge >= 0.3 is 7.82 Å². The maximum atomic E-state index is 11.2. The lowest BCUT2D eigenvalue weighted by Gasteiger charge is -2.10. The van der Waals surface area contributed by atoms with Gasteiger partial charge in [-0.3, -0.25) is 4.52 Å². The molecule has 0 aromatic rings. The van der Waals surface area contributed by atoms with Crippen molar-refractivity contribution in [1.29, 1.82) is 0 Å². The minimum atomic E-state index is -3.89. The van der Waals surface area contributed by atoms with Gasteiger partial charge in [-0.2, -0.15) is 10.1 Å². The third-order valence-corrected chi connectivity index (χ3v) is 4.55. The summed E-state index contributed by atoms with van der Waals surface area (Å²) in [6, 6.07) is 0. The van der Waals surface area contributed by atoms with Crippen LogP contribution in [0.5, 0.6) is 0 Å². The van der Waals surface area contributed by atoms with Crippen molar-refractivity contribution in [2.75, 3.05) is 13.2 Å². The number of rotatable bonds is 17. The molecule has 0 rings (SSSR count). The molecule has 6 heteroatoms. The highest BCUT2D eigenvalue weighted by atomic mass is 31.2. The van der Waals surface area contributed by atoms with E-state index < -0.39 is 7.82 Å². The molecule has 0 radical (unpaired) electrons. The van der Waals surface area contributed by atoms with E-state index in [1.54, 1.807) is 6.92 Å². The topological polar surface area (TPSA) is 67.8 Å². The van der Waals surface area contributed by atoms with Crippen LogP contribution in [-0.4, -0.2) is 18.0 Å². The maximum absolute atomic E-state index is 11.2.